The van der Waals surface area contributed by atoms with Crippen LogP contribution in [-0.2, 0) is 17.9 Å². The third-order valence-electron chi connectivity index (χ3n) is 5.98. The predicted octanol–water partition coefficient (Wildman–Crippen LogP) is 1.77. The highest BCUT2D eigenvalue weighted by molar-refractivity contribution is 5.98. The Kier molecular flexibility index (Phi) is 7.40. The van der Waals surface area contributed by atoms with Crippen molar-refractivity contribution in [2.45, 2.75) is 46.3 Å². The van der Waals surface area contributed by atoms with Crippen molar-refractivity contribution in [2.24, 2.45) is 5.41 Å². The first kappa shape index (κ1) is 25.4. The van der Waals surface area contributed by atoms with Crippen LogP contribution in [0.3, 0.4) is 0 Å². The van der Waals surface area contributed by atoms with E-state index in [1.807, 2.05) is 32.4 Å². The number of imidazole rings is 1. The van der Waals surface area contributed by atoms with Crippen LogP contribution in [0.15, 0.2) is 18.2 Å². The Hall–Kier alpha value is -3.27. The summed E-state index contributed by atoms with van der Waals surface area (Å²) in [6.45, 7) is 7.55. The monoisotopic (exact) mass is 472 g/mol. The Morgan fingerprint density at radius 1 is 1.09 bits per heavy atom. The van der Waals surface area contributed by atoms with Gasteiger partial charge in [0, 0.05) is 32.7 Å². The maximum atomic E-state index is 14.3. The topological polar surface area (TPSA) is 108 Å². The van der Waals surface area contributed by atoms with Gasteiger partial charge in [-0.1, -0.05) is 20.8 Å². The lowest BCUT2D eigenvalue weighted by Crippen LogP contribution is -2.53. The molecule has 2 heterocycles. The number of rotatable bonds is 5. The summed E-state index contributed by atoms with van der Waals surface area (Å²) in [7, 11) is 4.93. The fourth-order valence-electron chi connectivity index (χ4n) is 4.12. The Bertz CT molecular complexity index is 1100. The van der Waals surface area contributed by atoms with Gasteiger partial charge in [-0.05, 0) is 43.6 Å². The van der Waals surface area contributed by atoms with Crippen molar-refractivity contribution in [3.05, 3.63) is 41.0 Å². The molecule has 1 aliphatic rings. The summed E-state index contributed by atoms with van der Waals surface area (Å²) in [6.07, 6.45) is 0.834. The first-order valence-corrected chi connectivity index (χ1v) is 11.3. The van der Waals surface area contributed by atoms with Crippen molar-refractivity contribution in [1.29, 1.82) is 0 Å². The third kappa shape index (κ3) is 5.11. The van der Waals surface area contributed by atoms with Gasteiger partial charge >= 0.3 is 0 Å². The summed E-state index contributed by atoms with van der Waals surface area (Å²) in [5, 5.41) is 7.90. The molecule has 34 heavy (non-hydrogen) atoms. The minimum Gasteiger partial charge on any atom is -0.357 e. The van der Waals surface area contributed by atoms with E-state index in [0.717, 1.165) is 13.0 Å². The molecule has 0 spiro atoms. The number of halogens is 1. The molecule has 0 bridgehead atoms. The van der Waals surface area contributed by atoms with E-state index in [9.17, 15) is 18.8 Å². The van der Waals surface area contributed by atoms with Crippen LogP contribution in [0.1, 0.15) is 53.7 Å². The molecule has 2 aromatic rings. The van der Waals surface area contributed by atoms with Gasteiger partial charge in [-0.15, -0.1) is 0 Å². The minimum atomic E-state index is -0.764. The second kappa shape index (κ2) is 9.92. The molecule has 3 N–H and O–H groups in total. The van der Waals surface area contributed by atoms with Gasteiger partial charge in [0.2, 0.25) is 5.91 Å². The highest BCUT2D eigenvalue weighted by Crippen LogP contribution is 2.28. The Labute approximate surface area is 199 Å². The van der Waals surface area contributed by atoms with Crippen molar-refractivity contribution < 1.29 is 18.8 Å². The van der Waals surface area contributed by atoms with Crippen molar-refractivity contribution in [2.75, 3.05) is 27.7 Å². The molecule has 1 aliphatic heterocycles. The van der Waals surface area contributed by atoms with E-state index in [1.54, 1.807) is 6.07 Å². The number of carbonyl (C=O) groups excluding carboxylic acids is 3. The van der Waals surface area contributed by atoms with Gasteiger partial charge in [0.15, 0.2) is 5.69 Å². The quantitative estimate of drug-likeness (QED) is 0.615. The molecule has 0 aliphatic carbocycles. The molecule has 9 nitrogen and oxygen atoms in total. The summed E-state index contributed by atoms with van der Waals surface area (Å²) >= 11 is 0. The molecule has 1 atom stereocenters. The van der Waals surface area contributed by atoms with Crippen LogP contribution in [0.2, 0.25) is 0 Å². The fourth-order valence-corrected chi connectivity index (χ4v) is 4.12. The molecule has 184 valence electrons. The molecule has 1 aromatic heterocycles. The SMILES string of the molecule is CNC(=O)c1cc(-c2nc(C(=O)NC(C(=O)NC)C(C)(C)C)c3n2CCCN(C)C3)ccc1F. The molecule has 0 radical (unpaired) electrons. The van der Waals surface area contributed by atoms with Crippen LogP contribution in [-0.4, -0.2) is 65.9 Å². The van der Waals surface area contributed by atoms with Crippen LogP contribution in [0, 0.1) is 11.2 Å². The zero-order chi connectivity index (χ0) is 25.2. The van der Waals surface area contributed by atoms with Crippen molar-refractivity contribution in [1.82, 2.24) is 30.4 Å². The molecule has 10 heteroatoms. The van der Waals surface area contributed by atoms with Gasteiger partial charge in [0.1, 0.15) is 17.7 Å². The van der Waals surface area contributed by atoms with Crippen LogP contribution in [0.5, 0.6) is 0 Å². The number of benzene rings is 1. The molecule has 1 aromatic carbocycles. The van der Waals surface area contributed by atoms with E-state index in [4.69, 9.17) is 0 Å². The second-order valence-corrected chi connectivity index (χ2v) is 9.63. The van der Waals surface area contributed by atoms with E-state index in [2.05, 4.69) is 25.8 Å². The average molecular weight is 473 g/mol. The summed E-state index contributed by atoms with van der Waals surface area (Å²) in [4.78, 5) is 44.8. The van der Waals surface area contributed by atoms with Gasteiger partial charge in [-0.3, -0.25) is 14.4 Å². The number of amides is 3. The summed E-state index contributed by atoms with van der Waals surface area (Å²) in [5.74, 6) is -1.45. The fraction of sp³-hybridized carbons (Fsp3) is 0.500. The van der Waals surface area contributed by atoms with E-state index in [1.165, 1.54) is 26.2 Å². The Morgan fingerprint density at radius 3 is 2.41 bits per heavy atom. The van der Waals surface area contributed by atoms with E-state index < -0.39 is 29.1 Å². The molecule has 0 saturated heterocycles. The lowest BCUT2D eigenvalue weighted by atomic mass is 9.86. The first-order chi connectivity index (χ1) is 16.0. The number of nitrogens with one attached hydrogen (secondary N) is 3. The lowest BCUT2D eigenvalue weighted by Gasteiger charge is -2.29. The largest absolute Gasteiger partial charge is 0.357 e. The standard InChI is InChI=1S/C24H33FN6O3/c1-24(2,3)19(23(34)27-5)29-22(33)18-17-13-30(6)10-7-11-31(17)20(28-18)14-8-9-16(25)15(12-14)21(32)26-4/h8-9,12,19H,7,10-11,13H2,1-6H3,(H,26,32)(H,27,34)(H,29,33). The Morgan fingerprint density at radius 2 is 1.79 bits per heavy atom. The summed E-state index contributed by atoms with van der Waals surface area (Å²) < 4.78 is 16.2. The average Bonchev–Trinajstić information content (AvgIpc) is 3.02. The molecule has 0 fully saturated rings. The number of likely N-dealkylation sites (N-methyl/N-ethyl adjacent to an activating group) is 1. The molecular formula is C24H33FN6O3. The molecule has 1 unspecified atom stereocenters. The first-order valence-electron chi connectivity index (χ1n) is 11.3. The van der Waals surface area contributed by atoms with Crippen LogP contribution >= 0.6 is 0 Å². The normalized spacial score (nSPS) is 15.1. The molecular weight excluding hydrogens is 439 g/mol. The number of fused-ring (bicyclic) bond motifs is 1. The zero-order valence-corrected chi connectivity index (χ0v) is 20.6. The molecule has 3 amide bonds. The Balaban J connectivity index is 2.11. The van der Waals surface area contributed by atoms with Crippen LogP contribution in [0.4, 0.5) is 4.39 Å². The number of nitrogens with zero attached hydrogens (tertiary/aromatic N) is 3. The predicted molar refractivity (Wildman–Crippen MR) is 127 cm³/mol. The van der Waals surface area contributed by atoms with Gasteiger partial charge in [0.05, 0.1) is 11.3 Å². The number of carbonyl (C=O) groups is 3. The smallest absolute Gasteiger partial charge is 0.272 e. The van der Waals surface area contributed by atoms with Gasteiger partial charge < -0.3 is 25.4 Å². The van der Waals surface area contributed by atoms with Crippen molar-refractivity contribution in [3.63, 3.8) is 0 Å². The van der Waals surface area contributed by atoms with Gasteiger partial charge in [-0.2, -0.15) is 0 Å². The molecule has 3 rings (SSSR count). The number of hydrogen-bond donors (Lipinski definition) is 3. The highest BCUT2D eigenvalue weighted by Gasteiger charge is 2.34. The van der Waals surface area contributed by atoms with E-state index in [0.29, 0.717) is 30.2 Å². The van der Waals surface area contributed by atoms with E-state index >= 15 is 0 Å². The minimum absolute atomic E-state index is 0.0958. The molecule has 0 saturated carbocycles. The zero-order valence-electron chi connectivity index (χ0n) is 20.6. The lowest BCUT2D eigenvalue weighted by molar-refractivity contribution is -0.124. The van der Waals surface area contributed by atoms with Crippen molar-refractivity contribution >= 4 is 17.7 Å². The van der Waals surface area contributed by atoms with Crippen molar-refractivity contribution in [3.8, 4) is 11.4 Å². The summed E-state index contributed by atoms with van der Waals surface area (Å²) in [5.41, 5.74) is 0.839. The number of aromatic nitrogens is 2. The van der Waals surface area contributed by atoms with Gasteiger partial charge in [0.25, 0.3) is 11.8 Å². The second-order valence-electron chi connectivity index (χ2n) is 9.63. The number of hydrogen-bond acceptors (Lipinski definition) is 5. The maximum absolute atomic E-state index is 14.3. The van der Waals surface area contributed by atoms with E-state index in [-0.39, 0.29) is 17.2 Å². The van der Waals surface area contributed by atoms with Gasteiger partial charge in [-0.25, -0.2) is 9.37 Å². The summed E-state index contributed by atoms with van der Waals surface area (Å²) in [6, 6.07) is 3.46. The third-order valence-corrected chi connectivity index (χ3v) is 5.98. The van der Waals surface area contributed by atoms with Crippen LogP contribution in [0.25, 0.3) is 11.4 Å². The van der Waals surface area contributed by atoms with Crippen LogP contribution < -0.4 is 16.0 Å². The highest BCUT2D eigenvalue weighted by atomic mass is 19.1. The maximum Gasteiger partial charge on any atom is 0.272 e.